The molecule has 2 unspecified atom stereocenters. The number of carbonyl (C=O) groups is 1. The molecule has 156 valence electrons. The number of carbonyl (C=O) groups excluding carboxylic acids is 1. The summed E-state index contributed by atoms with van der Waals surface area (Å²) in [5.74, 6) is 1.23. The van der Waals surface area contributed by atoms with Gasteiger partial charge in [0.15, 0.2) is 0 Å². The first-order valence-corrected chi connectivity index (χ1v) is 10.4. The van der Waals surface area contributed by atoms with Gasteiger partial charge in [0, 0.05) is 18.8 Å². The summed E-state index contributed by atoms with van der Waals surface area (Å²) in [6, 6.07) is 17.4. The molecule has 6 nitrogen and oxygen atoms in total. The number of hydrogen-bond donors (Lipinski definition) is 1. The second kappa shape index (κ2) is 9.59. The molecule has 1 aliphatic heterocycles. The van der Waals surface area contributed by atoms with Crippen LogP contribution in [0.4, 0.5) is 0 Å². The summed E-state index contributed by atoms with van der Waals surface area (Å²) in [6.07, 6.45) is 5.47. The molecule has 6 heteroatoms. The van der Waals surface area contributed by atoms with Crippen LogP contribution in [0, 0.1) is 0 Å². The predicted octanol–water partition coefficient (Wildman–Crippen LogP) is 4.38. The van der Waals surface area contributed by atoms with E-state index in [0.717, 1.165) is 24.4 Å². The summed E-state index contributed by atoms with van der Waals surface area (Å²) in [7, 11) is 0. The summed E-state index contributed by atoms with van der Waals surface area (Å²) in [5, 5.41) is 3.03. The number of nitrogens with zero attached hydrogens (tertiary/aromatic N) is 2. The van der Waals surface area contributed by atoms with Crippen LogP contribution in [-0.2, 0) is 0 Å². The van der Waals surface area contributed by atoms with Crippen LogP contribution in [0.2, 0.25) is 0 Å². The van der Waals surface area contributed by atoms with Crippen LogP contribution in [0.3, 0.4) is 0 Å². The van der Waals surface area contributed by atoms with E-state index in [9.17, 15) is 4.79 Å². The molecule has 1 amide bonds. The summed E-state index contributed by atoms with van der Waals surface area (Å²) < 4.78 is 11.5. The lowest BCUT2D eigenvalue weighted by Crippen LogP contribution is -2.36. The highest BCUT2D eigenvalue weighted by Crippen LogP contribution is 2.25. The highest BCUT2D eigenvalue weighted by Gasteiger charge is 2.26. The maximum absolute atomic E-state index is 12.6. The summed E-state index contributed by atoms with van der Waals surface area (Å²) in [5.41, 5.74) is 1.58. The van der Waals surface area contributed by atoms with Gasteiger partial charge in [0.1, 0.15) is 11.9 Å². The fraction of sp³-hybridized carbons (Fsp3) is 0.333. The van der Waals surface area contributed by atoms with Crippen molar-refractivity contribution in [2.45, 2.75) is 31.9 Å². The normalized spacial score (nSPS) is 16.2. The van der Waals surface area contributed by atoms with E-state index in [4.69, 9.17) is 9.15 Å². The van der Waals surface area contributed by atoms with Crippen molar-refractivity contribution < 1.29 is 13.9 Å². The minimum atomic E-state index is -0.152. The monoisotopic (exact) mass is 405 g/mol. The zero-order chi connectivity index (χ0) is 20.8. The van der Waals surface area contributed by atoms with E-state index in [-0.39, 0.29) is 18.1 Å². The van der Waals surface area contributed by atoms with Crippen molar-refractivity contribution in [3.8, 4) is 5.88 Å². The predicted molar refractivity (Wildman–Crippen MR) is 114 cm³/mol. The Morgan fingerprint density at radius 3 is 2.60 bits per heavy atom. The number of ether oxygens (including phenoxy) is 1. The number of amides is 1. The fourth-order valence-corrected chi connectivity index (χ4v) is 3.79. The minimum Gasteiger partial charge on any atom is -0.470 e. The number of rotatable bonds is 8. The van der Waals surface area contributed by atoms with Crippen molar-refractivity contribution in [2.75, 3.05) is 19.6 Å². The van der Waals surface area contributed by atoms with Crippen LogP contribution in [-0.4, -0.2) is 35.4 Å². The average molecular weight is 405 g/mol. The number of hydrogen-bond acceptors (Lipinski definition) is 5. The number of pyridine rings is 1. The first-order valence-electron chi connectivity index (χ1n) is 10.4. The molecule has 2 atom stereocenters. The van der Waals surface area contributed by atoms with Crippen LogP contribution in [0.15, 0.2) is 71.5 Å². The molecular weight excluding hydrogens is 378 g/mol. The van der Waals surface area contributed by atoms with Crippen molar-refractivity contribution in [3.05, 3.63) is 83.9 Å². The molecular formula is C24H27N3O3. The molecule has 4 rings (SSSR count). The van der Waals surface area contributed by atoms with E-state index >= 15 is 0 Å². The lowest BCUT2D eigenvalue weighted by molar-refractivity contribution is 0.0933. The molecule has 1 N–H and O–H groups in total. The Balaban J connectivity index is 1.35. The van der Waals surface area contributed by atoms with Gasteiger partial charge in [-0.3, -0.25) is 9.69 Å². The van der Waals surface area contributed by atoms with E-state index in [1.807, 2.05) is 49.4 Å². The van der Waals surface area contributed by atoms with Crippen molar-refractivity contribution in [1.29, 1.82) is 0 Å². The molecule has 1 fully saturated rings. The first-order chi connectivity index (χ1) is 14.7. The second-order valence-electron chi connectivity index (χ2n) is 7.54. The summed E-state index contributed by atoms with van der Waals surface area (Å²) in [6.45, 7) is 4.52. The molecule has 0 radical (unpaired) electrons. The Kier molecular flexibility index (Phi) is 6.44. The lowest BCUT2D eigenvalue weighted by atomic mass is 10.1. The SMILES string of the molecule is CC(Oc1ccc(C(=O)NCC(c2ccco2)N2CCCC2)cn1)c1ccccc1. The third kappa shape index (κ3) is 4.89. The number of likely N-dealkylation sites (tertiary alicyclic amines) is 1. The van der Waals surface area contributed by atoms with Crippen molar-refractivity contribution >= 4 is 5.91 Å². The van der Waals surface area contributed by atoms with Crippen LogP contribution in [0.25, 0.3) is 0 Å². The fourth-order valence-electron chi connectivity index (χ4n) is 3.79. The minimum absolute atomic E-state index is 0.0498. The van der Waals surface area contributed by atoms with Gasteiger partial charge < -0.3 is 14.5 Å². The topological polar surface area (TPSA) is 67.6 Å². The molecule has 0 bridgehead atoms. The maximum Gasteiger partial charge on any atom is 0.252 e. The summed E-state index contributed by atoms with van der Waals surface area (Å²) >= 11 is 0. The Morgan fingerprint density at radius 1 is 1.13 bits per heavy atom. The highest BCUT2D eigenvalue weighted by atomic mass is 16.5. The van der Waals surface area contributed by atoms with Gasteiger partial charge in [-0.2, -0.15) is 0 Å². The van der Waals surface area contributed by atoms with Crippen molar-refractivity contribution in [1.82, 2.24) is 15.2 Å². The molecule has 1 aromatic carbocycles. The Bertz CT molecular complexity index is 920. The second-order valence-corrected chi connectivity index (χ2v) is 7.54. The Morgan fingerprint density at radius 2 is 1.93 bits per heavy atom. The molecule has 2 aromatic heterocycles. The van der Waals surface area contributed by atoms with E-state index in [1.54, 1.807) is 24.6 Å². The molecule has 1 aliphatic rings. The van der Waals surface area contributed by atoms with Crippen molar-refractivity contribution in [3.63, 3.8) is 0 Å². The van der Waals surface area contributed by atoms with Gasteiger partial charge >= 0.3 is 0 Å². The first kappa shape index (κ1) is 20.2. The van der Waals surface area contributed by atoms with E-state index in [0.29, 0.717) is 18.0 Å². The zero-order valence-corrected chi connectivity index (χ0v) is 17.2. The van der Waals surface area contributed by atoms with Gasteiger partial charge in [-0.15, -0.1) is 0 Å². The lowest BCUT2D eigenvalue weighted by Gasteiger charge is -2.26. The smallest absolute Gasteiger partial charge is 0.252 e. The van der Waals surface area contributed by atoms with Crippen LogP contribution in [0.5, 0.6) is 5.88 Å². The van der Waals surface area contributed by atoms with E-state index < -0.39 is 0 Å². The zero-order valence-electron chi connectivity index (χ0n) is 17.2. The van der Waals surface area contributed by atoms with Crippen LogP contribution in [0.1, 0.15) is 53.6 Å². The molecule has 0 aliphatic carbocycles. The number of aromatic nitrogens is 1. The van der Waals surface area contributed by atoms with Crippen molar-refractivity contribution in [2.24, 2.45) is 0 Å². The van der Waals surface area contributed by atoms with E-state index in [1.165, 1.54) is 12.8 Å². The van der Waals surface area contributed by atoms with E-state index in [2.05, 4.69) is 15.2 Å². The molecule has 3 aromatic rings. The Labute approximate surface area is 176 Å². The quantitative estimate of drug-likeness (QED) is 0.602. The largest absolute Gasteiger partial charge is 0.470 e. The average Bonchev–Trinajstić information content (AvgIpc) is 3.50. The third-order valence-electron chi connectivity index (χ3n) is 5.47. The molecule has 0 saturated carbocycles. The van der Waals surface area contributed by atoms with Crippen LogP contribution >= 0.6 is 0 Å². The standard InChI is InChI=1S/C24H27N3O3/c1-18(19-8-3-2-4-9-19)30-23-12-11-20(16-25-23)24(28)26-17-21(22-10-7-15-29-22)27-13-5-6-14-27/h2-4,7-12,15-16,18,21H,5-6,13-14,17H2,1H3,(H,26,28). The molecule has 0 spiro atoms. The highest BCUT2D eigenvalue weighted by molar-refractivity contribution is 5.93. The molecule has 1 saturated heterocycles. The number of furan rings is 1. The maximum atomic E-state index is 12.6. The van der Waals surface area contributed by atoms with Gasteiger partial charge in [0.25, 0.3) is 5.91 Å². The number of nitrogens with one attached hydrogen (secondary N) is 1. The Hall–Kier alpha value is -3.12. The van der Waals surface area contributed by atoms with Gasteiger partial charge in [-0.25, -0.2) is 4.98 Å². The third-order valence-corrected chi connectivity index (χ3v) is 5.47. The van der Waals surface area contributed by atoms with Crippen LogP contribution < -0.4 is 10.1 Å². The van der Waals surface area contributed by atoms with Gasteiger partial charge in [0.05, 0.1) is 17.9 Å². The molecule has 30 heavy (non-hydrogen) atoms. The molecule has 3 heterocycles. The summed E-state index contributed by atoms with van der Waals surface area (Å²) in [4.78, 5) is 19.3. The number of benzene rings is 1. The van der Waals surface area contributed by atoms with Gasteiger partial charge in [-0.05, 0) is 56.6 Å². The van der Waals surface area contributed by atoms with Gasteiger partial charge in [-0.1, -0.05) is 30.3 Å². The van der Waals surface area contributed by atoms with Gasteiger partial charge in [0.2, 0.25) is 5.88 Å².